The van der Waals surface area contributed by atoms with Gasteiger partial charge in [0.05, 0.1) is 11.5 Å². The SMILES string of the molecule is O=C(NC1CCCCC1)C1CCCN(C(=O)c2ccc[nH]c2=S)C1. The summed E-state index contributed by atoms with van der Waals surface area (Å²) in [6.45, 7) is 1.18. The third-order valence-corrected chi connectivity index (χ3v) is 5.42. The zero-order chi connectivity index (χ0) is 16.9. The van der Waals surface area contributed by atoms with Crippen molar-refractivity contribution in [1.82, 2.24) is 15.2 Å². The summed E-state index contributed by atoms with van der Waals surface area (Å²) in [6, 6.07) is 3.84. The van der Waals surface area contributed by atoms with Gasteiger partial charge in [0.15, 0.2) is 0 Å². The highest BCUT2D eigenvalue weighted by Crippen LogP contribution is 2.21. The zero-order valence-corrected chi connectivity index (χ0v) is 14.7. The Labute approximate surface area is 147 Å². The number of carbonyl (C=O) groups is 2. The summed E-state index contributed by atoms with van der Waals surface area (Å²) >= 11 is 5.20. The quantitative estimate of drug-likeness (QED) is 0.826. The molecule has 0 bridgehead atoms. The first kappa shape index (κ1) is 17.1. The van der Waals surface area contributed by atoms with E-state index in [0.717, 1.165) is 25.7 Å². The first-order valence-corrected chi connectivity index (χ1v) is 9.33. The zero-order valence-electron chi connectivity index (χ0n) is 13.9. The molecule has 0 aromatic carbocycles. The van der Waals surface area contributed by atoms with Gasteiger partial charge in [-0.1, -0.05) is 31.5 Å². The Hall–Kier alpha value is -1.69. The molecule has 1 aliphatic carbocycles. The Bertz CT molecular complexity index is 652. The molecule has 2 aliphatic rings. The number of rotatable bonds is 3. The predicted octanol–water partition coefficient (Wildman–Crippen LogP) is 3.05. The molecule has 1 aromatic rings. The molecule has 2 amide bonds. The maximum Gasteiger partial charge on any atom is 0.256 e. The molecule has 0 spiro atoms. The number of nitrogens with one attached hydrogen (secondary N) is 2. The molecular weight excluding hydrogens is 322 g/mol. The highest BCUT2D eigenvalue weighted by atomic mass is 32.1. The lowest BCUT2D eigenvalue weighted by molar-refractivity contribution is -0.127. The van der Waals surface area contributed by atoms with Crippen LogP contribution in [0.5, 0.6) is 0 Å². The minimum atomic E-state index is -0.106. The maximum absolute atomic E-state index is 12.7. The highest BCUT2D eigenvalue weighted by Gasteiger charge is 2.30. The van der Waals surface area contributed by atoms with Crippen LogP contribution in [0.3, 0.4) is 0 Å². The fraction of sp³-hybridized carbons (Fsp3) is 0.611. The number of amides is 2. The second kappa shape index (κ2) is 7.92. The van der Waals surface area contributed by atoms with E-state index in [4.69, 9.17) is 12.2 Å². The Kier molecular flexibility index (Phi) is 5.66. The molecule has 2 N–H and O–H groups in total. The van der Waals surface area contributed by atoms with Gasteiger partial charge in [0.25, 0.3) is 5.91 Å². The van der Waals surface area contributed by atoms with Crippen molar-refractivity contribution in [2.45, 2.75) is 51.0 Å². The lowest BCUT2D eigenvalue weighted by Crippen LogP contribution is -2.48. The van der Waals surface area contributed by atoms with Crippen LogP contribution in [-0.2, 0) is 4.79 Å². The molecule has 6 heteroatoms. The van der Waals surface area contributed by atoms with Crippen molar-refractivity contribution >= 4 is 24.0 Å². The van der Waals surface area contributed by atoms with Gasteiger partial charge in [-0.05, 0) is 37.8 Å². The number of hydrogen-bond donors (Lipinski definition) is 2. The van der Waals surface area contributed by atoms with Crippen molar-refractivity contribution in [2.24, 2.45) is 5.92 Å². The number of H-pyrrole nitrogens is 1. The second-order valence-electron chi connectivity index (χ2n) is 6.85. The van der Waals surface area contributed by atoms with Gasteiger partial charge < -0.3 is 15.2 Å². The van der Waals surface area contributed by atoms with Gasteiger partial charge in [0.1, 0.15) is 4.64 Å². The van der Waals surface area contributed by atoms with Gasteiger partial charge in [0.2, 0.25) is 5.91 Å². The molecule has 1 aromatic heterocycles. The predicted molar refractivity (Wildman–Crippen MR) is 95.3 cm³/mol. The molecule has 2 heterocycles. The molecular formula is C18H25N3O2S. The van der Waals surface area contributed by atoms with Crippen molar-refractivity contribution in [3.8, 4) is 0 Å². The molecule has 0 radical (unpaired) electrons. The van der Waals surface area contributed by atoms with Gasteiger partial charge >= 0.3 is 0 Å². The molecule has 1 saturated carbocycles. The highest BCUT2D eigenvalue weighted by molar-refractivity contribution is 7.71. The average molecular weight is 347 g/mol. The monoisotopic (exact) mass is 347 g/mol. The van der Waals surface area contributed by atoms with E-state index in [-0.39, 0.29) is 17.7 Å². The number of aromatic amines is 1. The van der Waals surface area contributed by atoms with Crippen LogP contribution < -0.4 is 5.32 Å². The first-order chi connectivity index (χ1) is 11.6. The molecule has 5 nitrogen and oxygen atoms in total. The third kappa shape index (κ3) is 4.04. The fourth-order valence-corrected chi connectivity index (χ4v) is 3.93. The molecule has 1 atom stereocenters. The van der Waals surface area contributed by atoms with Crippen molar-refractivity contribution in [1.29, 1.82) is 0 Å². The van der Waals surface area contributed by atoms with E-state index in [1.54, 1.807) is 23.2 Å². The third-order valence-electron chi connectivity index (χ3n) is 5.08. The largest absolute Gasteiger partial charge is 0.353 e. The van der Waals surface area contributed by atoms with Crippen molar-refractivity contribution in [2.75, 3.05) is 13.1 Å². The van der Waals surface area contributed by atoms with Crippen LogP contribution in [0, 0.1) is 10.6 Å². The van der Waals surface area contributed by atoms with Crippen LogP contribution in [0.4, 0.5) is 0 Å². The summed E-state index contributed by atoms with van der Waals surface area (Å²) in [5.74, 6) is -0.0736. The second-order valence-corrected chi connectivity index (χ2v) is 7.26. The minimum absolute atomic E-state index is 0.0768. The van der Waals surface area contributed by atoms with Gasteiger partial charge in [-0.3, -0.25) is 9.59 Å². The lowest BCUT2D eigenvalue weighted by atomic mass is 9.93. The Morgan fingerprint density at radius 3 is 2.71 bits per heavy atom. The number of nitrogens with zero attached hydrogens (tertiary/aromatic N) is 1. The first-order valence-electron chi connectivity index (χ1n) is 8.92. The van der Waals surface area contributed by atoms with E-state index in [1.807, 2.05) is 0 Å². The number of piperidine rings is 1. The number of aromatic nitrogens is 1. The summed E-state index contributed by atoms with van der Waals surface area (Å²) in [5, 5.41) is 3.20. The number of hydrogen-bond acceptors (Lipinski definition) is 3. The summed E-state index contributed by atoms with van der Waals surface area (Å²) in [7, 11) is 0. The number of pyridine rings is 1. The van der Waals surface area contributed by atoms with Crippen LogP contribution in [0.1, 0.15) is 55.3 Å². The maximum atomic E-state index is 12.7. The van der Waals surface area contributed by atoms with Crippen LogP contribution in [0.2, 0.25) is 0 Å². The van der Waals surface area contributed by atoms with Crippen molar-refractivity contribution in [3.63, 3.8) is 0 Å². The lowest BCUT2D eigenvalue weighted by Gasteiger charge is -2.33. The molecule has 1 saturated heterocycles. The van der Waals surface area contributed by atoms with Crippen LogP contribution in [0.25, 0.3) is 0 Å². The Morgan fingerprint density at radius 1 is 1.17 bits per heavy atom. The standard InChI is InChI=1S/C18H25N3O2S/c22-16(20-14-7-2-1-3-8-14)13-6-5-11-21(12-13)18(23)15-9-4-10-19-17(15)24/h4,9-10,13-14H,1-3,5-8,11-12H2,(H,19,24)(H,20,22). The van der Waals surface area contributed by atoms with E-state index in [0.29, 0.717) is 29.3 Å². The number of likely N-dealkylation sites (tertiary alicyclic amines) is 1. The van der Waals surface area contributed by atoms with E-state index < -0.39 is 0 Å². The van der Waals surface area contributed by atoms with Crippen LogP contribution in [-0.4, -0.2) is 40.8 Å². The van der Waals surface area contributed by atoms with Gasteiger partial charge in [-0.15, -0.1) is 0 Å². The van der Waals surface area contributed by atoms with E-state index in [2.05, 4.69) is 10.3 Å². The van der Waals surface area contributed by atoms with Gasteiger partial charge in [-0.25, -0.2) is 0 Å². The fourth-order valence-electron chi connectivity index (χ4n) is 3.70. The van der Waals surface area contributed by atoms with E-state index in [1.165, 1.54) is 19.3 Å². The molecule has 130 valence electrons. The Morgan fingerprint density at radius 2 is 1.96 bits per heavy atom. The minimum Gasteiger partial charge on any atom is -0.353 e. The van der Waals surface area contributed by atoms with Crippen molar-refractivity contribution < 1.29 is 9.59 Å². The van der Waals surface area contributed by atoms with Gasteiger partial charge in [-0.2, -0.15) is 0 Å². The molecule has 1 aliphatic heterocycles. The summed E-state index contributed by atoms with van der Waals surface area (Å²) in [6.07, 6.45) is 9.27. The molecule has 24 heavy (non-hydrogen) atoms. The van der Waals surface area contributed by atoms with Gasteiger partial charge in [0, 0.05) is 25.3 Å². The normalized spacial score (nSPS) is 22.2. The van der Waals surface area contributed by atoms with Crippen molar-refractivity contribution in [3.05, 3.63) is 28.5 Å². The number of carbonyl (C=O) groups excluding carboxylic acids is 2. The molecule has 1 unspecified atom stereocenters. The van der Waals surface area contributed by atoms with E-state index in [9.17, 15) is 9.59 Å². The topological polar surface area (TPSA) is 65.2 Å². The summed E-state index contributed by atoms with van der Waals surface area (Å²) in [4.78, 5) is 29.9. The molecule has 2 fully saturated rings. The van der Waals surface area contributed by atoms with E-state index >= 15 is 0 Å². The van der Waals surface area contributed by atoms with Crippen LogP contribution >= 0.6 is 12.2 Å². The summed E-state index contributed by atoms with van der Waals surface area (Å²) < 4.78 is 0.455. The van der Waals surface area contributed by atoms with Crippen LogP contribution in [0.15, 0.2) is 18.3 Å². The molecule has 3 rings (SSSR count). The Balaban J connectivity index is 1.61. The smallest absolute Gasteiger partial charge is 0.256 e. The average Bonchev–Trinajstić information content (AvgIpc) is 2.62. The summed E-state index contributed by atoms with van der Waals surface area (Å²) in [5.41, 5.74) is 0.515.